The monoisotopic (exact) mass is 328 g/mol. The molecule has 3 aromatic rings. The number of aromatic nitrogens is 4. The third-order valence-corrected chi connectivity index (χ3v) is 4.14. The van der Waals surface area contributed by atoms with Crippen LogP contribution in [0.2, 0.25) is 0 Å². The summed E-state index contributed by atoms with van der Waals surface area (Å²) in [4.78, 5) is 10.9. The fraction of sp³-hybridized carbons (Fsp3) is 0.312. The summed E-state index contributed by atoms with van der Waals surface area (Å²) in [6, 6.07) is 6.17. The summed E-state index contributed by atoms with van der Waals surface area (Å²) < 4.78 is 20.8. The fourth-order valence-electron chi connectivity index (χ4n) is 2.91. The first-order valence-corrected chi connectivity index (χ1v) is 7.72. The van der Waals surface area contributed by atoms with Gasteiger partial charge in [0, 0.05) is 26.1 Å². The van der Waals surface area contributed by atoms with Crippen LogP contribution in [0.1, 0.15) is 6.42 Å². The summed E-state index contributed by atoms with van der Waals surface area (Å²) in [5, 5.41) is 4.90. The van der Waals surface area contributed by atoms with Crippen LogP contribution in [-0.4, -0.2) is 38.9 Å². The molecule has 2 aromatic heterocycles. The summed E-state index contributed by atoms with van der Waals surface area (Å²) in [7, 11) is 1.82. The van der Waals surface area contributed by atoms with Crippen molar-refractivity contribution in [2.75, 3.05) is 23.7 Å². The van der Waals surface area contributed by atoms with Crippen LogP contribution in [0, 0.1) is 5.82 Å². The predicted molar refractivity (Wildman–Crippen MR) is 88.4 cm³/mol. The maximum absolute atomic E-state index is 13.3. The van der Waals surface area contributed by atoms with E-state index in [1.807, 2.05) is 11.9 Å². The number of rotatable bonds is 3. The van der Waals surface area contributed by atoms with E-state index in [0.29, 0.717) is 29.7 Å². The molecule has 0 amide bonds. The van der Waals surface area contributed by atoms with Gasteiger partial charge in [0.05, 0.1) is 18.1 Å². The van der Waals surface area contributed by atoms with Gasteiger partial charge in [0.15, 0.2) is 5.65 Å². The molecule has 24 heavy (non-hydrogen) atoms. The molecular weight excluding hydrogens is 311 g/mol. The van der Waals surface area contributed by atoms with Gasteiger partial charge in [0.1, 0.15) is 23.5 Å². The molecule has 2 N–H and O–H groups in total. The van der Waals surface area contributed by atoms with Crippen molar-refractivity contribution < 1.29 is 9.13 Å². The Morgan fingerprint density at radius 3 is 3.04 bits per heavy atom. The number of fused-ring (bicyclic) bond motifs is 1. The molecular formula is C16H17FN6O. The lowest BCUT2D eigenvalue weighted by molar-refractivity contribution is 0.224. The molecule has 1 aromatic carbocycles. The lowest BCUT2D eigenvalue weighted by Gasteiger charge is -2.17. The average Bonchev–Trinajstić information content (AvgIpc) is 3.15. The molecule has 0 aliphatic carbocycles. The largest absolute Gasteiger partial charge is 0.488 e. The predicted octanol–water partition coefficient (Wildman–Crippen LogP) is 1.74. The fourth-order valence-corrected chi connectivity index (χ4v) is 2.91. The molecule has 1 aliphatic rings. The molecule has 4 rings (SSSR count). The smallest absolute Gasteiger partial charge is 0.229 e. The van der Waals surface area contributed by atoms with Gasteiger partial charge >= 0.3 is 0 Å². The molecule has 8 heteroatoms. The molecule has 1 atom stereocenters. The molecule has 3 heterocycles. The zero-order chi connectivity index (χ0) is 16.7. The first-order valence-electron chi connectivity index (χ1n) is 7.72. The molecule has 1 saturated heterocycles. The van der Waals surface area contributed by atoms with Crippen LogP contribution in [0.5, 0.6) is 5.75 Å². The van der Waals surface area contributed by atoms with Gasteiger partial charge in [0.25, 0.3) is 0 Å². The summed E-state index contributed by atoms with van der Waals surface area (Å²) in [5.41, 5.74) is 6.71. The van der Waals surface area contributed by atoms with Gasteiger partial charge in [0.2, 0.25) is 5.95 Å². The first-order chi connectivity index (χ1) is 11.6. The zero-order valence-corrected chi connectivity index (χ0v) is 13.2. The maximum atomic E-state index is 13.3. The molecule has 7 nitrogen and oxygen atoms in total. The number of hydrogen-bond donors (Lipinski definition) is 1. The number of hydrogen-bond acceptors (Lipinski definition) is 6. The Bertz CT molecular complexity index is 895. The van der Waals surface area contributed by atoms with Crippen molar-refractivity contribution in [1.29, 1.82) is 0 Å². The summed E-state index contributed by atoms with van der Waals surface area (Å²) in [6.45, 7) is 1.38. The van der Waals surface area contributed by atoms with Crippen molar-refractivity contribution in [3.8, 4) is 5.75 Å². The summed E-state index contributed by atoms with van der Waals surface area (Å²) >= 11 is 0. The minimum atomic E-state index is -0.305. The van der Waals surface area contributed by atoms with Crippen molar-refractivity contribution in [1.82, 2.24) is 19.7 Å². The highest BCUT2D eigenvalue weighted by Crippen LogP contribution is 2.25. The third kappa shape index (κ3) is 2.60. The standard InChI is InChI=1S/C16H17FN6O/c1-22-15-13(8-19-22)14(18)20-16(21-15)23-6-5-12(9-23)24-11-4-2-3-10(17)7-11/h2-4,7-8,12H,5-6,9H2,1H3,(H2,18,20,21)/t12-/m1/s1. The molecule has 0 saturated carbocycles. The van der Waals surface area contributed by atoms with Gasteiger partial charge in [-0.2, -0.15) is 15.1 Å². The van der Waals surface area contributed by atoms with Crippen LogP contribution in [0.4, 0.5) is 16.2 Å². The van der Waals surface area contributed by atoms with E-state index in [1.54, 1.807) is 23.0 Å². The highest BCUT2D eigenvalue weighted by atomic mass is 19.1. The van der Waals surface area contributed by atoms with E-state index in [2.05, 4.69) is 15.1 Å². The highest BCUT2D eigenvalue weighted by molar-refractivity contribution is 5.86. The third-order valence-electron chi connectivity index (χ3n) is 4.14. The van der Waals surface area contributed by atoms with Gasteiger partial charge in [-0.1, -0.05) is 6.07 Å². The minimum Gasteiger partial charge on any atom is -0.488 e. The molecule has 0 radical (unpaired) electrons. The second-order valence-electron chi connectivity index (χ2n) is 5.85. The van der Waals surface area contributed by atoms with Crippen LogP contribution < -0.4 is 15.4 Å². The lowest BCUT2D eigenvalue weighted by Crippen LogP contribution is -2.26. The van der Waals surface area contributed by atoms with Crippen LogP contribution in [0.3, 0.4) is 0 Å². The molecule has 0 unspecified atom stereocenters. The Morgan fingerprint density at radius 2 is 2.21 bits per heavy atom. The average molecular weight is 328 g/mol. The number of aryl methyl sites for hydroxylation is 1. The topological polar surface area (TPSA) is 82.1 Å². The van der Waals surface area contributed by atoms with Crippen molar-refractivity contribution in [2.24, 2.45) is 7.05 Å². The van der Waals surface area contributed by atoms with Crippen molar-refractivity contribution in [2.45, 2.75) is 12.5 Å². The van der Waals surface area contributed by atoms with E-state index < -0.39 is 0 Å². The van der Waals surface area contributed by atoms with E-state index >= 15 is 0 Å². The van der Waals surface area contributed by atoms with E-state index in [4.69, 9.17) is 10.5 Å². The van der Waals surface area contributed by atoms with E-state index in [-0.39, 0.29) is 11.9 Å². The number of halogens is 1. The number of nitrogens with two attached hydrogens (primary N) is 1. The first kappa shape index (κ1) is 14.7. The number of ether oxygens (including phenoxy) is 1. The Kier molecular flexibility index (Phi) is 3.44. The number of anilines is 2. The van der Waals surface area contributed by atoms with Gasteiger partial charge in [-0.05, 0) is 12.1 Å². The van der Waals surface area contributed by atoms with Gasteiger partial charge in [-0.15, -0.1) is 0 Å². The van der Waals surface area contributed by atoms with Crippen LogP contribution in [0.25, 0.3) is 11.0 Å². The van der Waals surface area contributed by atoms with E-state index in [1.165, 1.54) is 12.1 Å². The van der Waals surface area contributed by atoms with Gasteiger partial charge in [-0.25, -0.2) is 4.39 Å². The lowest BCUT2D eigenvalue weighted by atomic mass is 10.3. The van der Waals surface area contributed by atoms with Crippen molar-refractivity contribution in [3.05, 3.63) is 36.3 Å². The Morgan fingerprint density at radius 1 is 1.33 bits per heavy atom. The Labute approximate surface area is 137 Å². The van der Waals surface area contributed by atoms with Crippen LogP contribution in [-0.2, 0) is 7.05 Å². The second kappa shape index (κ2) is 5.63. The molecule has 0 bridgehead atoms. The van der Waals surface area contributed by atoms with Crippen LogP contribution >= 0.6 is 0 Å². The number of benzene rings is 1. The normalized spacial score (nSPS) is 17.6. The zero-order valence-electron chi connectivity index (χ0n) is 13.2. The van der Waals surface area contributed by atoms with Gasteiger partial charge < -0.3 is 15.4 Å². The summed E-state index contributed by atoms with van der Waals surface area (Å²) in [6.07, 6.45) is 2.43. The second-order valence-corrected chi connectivity index (χ2v) is 5.85. The summed E-state index contributed by atoms with van der Waals surface area (Å²) in [5.74, 6) is 1.20. The molecule has 1 fully saturated rings. The quantitative estimate of drug-likeness (QED) is 0.789. The highest BCUT2D eigenvalue weighted by Gasteiger charge is 2.27. The SMILES string of the molecule is Cn1ncc2c(N)nc(N3CC[C@@H](Oc4cccc(F)c4)C3)nc21. The Balaban J connectivity index is 1.53. The van der Waals surface area contributed by atoms with Crippen molar-refractivity contribution >= 4 is 22.8 Å². The Hall–Kier alpha value is -2.90. The van der Waals surface area contributed by atoms with E-state index in [9.17, 15) is 4.39 Å². The van der Waals surface area contributed by atoms with Crippen LogP contribution in [0.15, 0.2) is 30.5 Å². The molecule has 124 valence electrons. The van der Waals surface area contributed by atoms with E-state index in [0.717, 1.165) is 18.4 Å². The minimum absolute atomic E-state index is 0.0427. The number of nitrogen functional groups attached to an aromatic ring is 1. The maximum Gasteiger partial charge on any atom is 0.229 e. The molecule has 1 aliphatic heterocycles. The number of nitrogens with zero attached hydrogens (tertiary/aromatic N) is 5. The van der Waals surface area contributed by atoms with Gasteiger partial charge in [-0.3, -0.25) is 4.68 Å². The molecule has 0 spiro atoms. The van der Waals surface area contributed by atoms with Crippen molar-refractivity contribution in [3.63, 3.8) is 0 Å².